The number of thiophene rings is 1. The number of benzene rings is 1. The summed E-state index contributed by atoms with van der Waals surface area (Å²) in [7, 11) is 0. The van der Waals surface area contributed by atoms with Crippen LogP contribution in [-0.4, -0.2) is 10.5 Å². The Balaban J connectivity index is 1.60. The Morgan fingerprint density at radius 3 is 2.88 bits per heavy atom. The lowest BCUT2D eigenvalue weighted by molar-refractivity contribution is 0.0939. The van der Waals surface area contributed by atoms with Crippen LogP contribution in [0.4, 0.5) is 4.39 Å². The average Bonchev–Trinajstić information content (AvgIpc) is 3.10. The summed E-state index contributed by atoms with van der Waals surface area (Å²) in [6, 6.07) is 8.47. The first-order valence-electron chi connectivity index (χ1n) is 8.41. The molecule has 0 atom stereocenters. The summed E-state index contributed by atoms with van der Waals surface area (Å²) >= 11 is 5.23. The summed E-state index contributed by atoms with van der Waals surface area (Å²) in [6.07, 6.45) is 3.71. The monoisotopic (exact) mass is 420 g/mol. The molecular weight excluding hydrogens is 403 g/mol. The first kappa shape index (κ1) is 16.8. The fraction of sp³-hybridized carbons (Fsp3) is 0.316. The van der Waals surface area contributed by atoms with Gasteiger partial charge in [-0.1, -0.05) is 24.6 Å². The van der Waals surface area contributed by atoms with Gasteiger partial charge in [0.25, 0.3) is 5.91 Å². The Morgan fingerprint density at radius 1 is 1.36 bits per heavy atom. The molecule has 0 saturated heterocycles. The molecule has 25 heavy (non-hydrogen) atoms. The highest BCUT2D eigenvalue weighted by molar-refractivity contribution is 9.10. The highest BCUT2D eigenvalue weighted by Crippen LogP contribution is 2.36. The predicted molar refractivity (Wildman–Crippen MR) is 102 cm³/mol. The minimum Gasteiger partial charge on any atom is -0.347 e. The predicted octanol–water partition coefficient (Wildman–Crippen LogP) is 5.33. The van der Waals surface area contributed by atoms with Gasteiger partial charge in [0.2, 0.25) is 0 Å². The van der Waals surface area contributed by atoms with Crippen LogP contribution in [0.1, 0.15) is 35.3 Å². The van der Waals surface area contributed by atoms with Gasteiger partial charge in [-0.15, -0.1) is 11.3 Å². The van der Waals surface area contributed by atoms with Crippen LogP contribution in [0.3, 0.4) is 0 Å². The quantitative estimate of drug-likeness (QED) is 0.593. The Hall–Kier alpha value is -1.66. The number of rotatable bonds is 5. The van der Waals surface area contributed by atoms with Gasteiger partial charge in [0.05, 0.1) is 14.7 Å². The number of nitrogens with one attached hydrogen (secondary N) is 1. The van der Waals surface area contributed by atoms with Crippen LogP contribution in [0.25, 0.3) is 10.2 Å². The maximum absolute atomic E-state index is 13.8. The molecule has 1 amide bonds. The standard InChI is InChI=1S/C19H18BrFN2OS/c20-14-11-25-17-8-16(23(18(14)17)10-12-4-3-5-12)19(24)22-9-13-6-1-2-7-15(13)21/h1-2,6-8,11-12H,3-5,9-10H2,(H,22,24). The molecule has 3 aromatic rings. The molecule has 1 aliphatic rings. The Bertz CT molecular complexity index is 929. The molecule has 130 valence electrons. The van der Waals surface area contributed by atoms with E-state index in [-0.39, 0.29) is 18.3 Å². The summed E-state index contributed by atoms with van der Waals surface area (Å²) in [5.74, 6) is 0.190. The number of halogens is 2. The number of hydrogen-bond acceptors (Lipinski definition) is 2. The first-order chi connectivity index (χ1) is 12.1. The number of nitrogens with zero attached hydrogens (tertiary/aromatic N) is 1. The van der Waals surface area contributed by atoms with Gasteiger partial charge in [-0.3, -0.25) is 4.79 Å². The van der Waals surface area contributed by atoms with E-state index in [1.165, 1.54) is 25.3 Å². The van der Waals surface area contributed by atoms with Crippen molar-refractivity contribution >= 4 is 43.4 Å². The Kier molecular flexibility index (Phi) is 4.65. The molecule has 1 aliphatic carbocycles. The largest absolute Gasteiger partial charge is 0.347 e. The molecule has 1 fully saturated rings. The fourth-order valence-electron chi connectivity index (χ4n) is 3.25. The zero-order valence-electron chi connectivity index (χ0n) is 13.6. The summed E-state index contributed by atoms with van der Waals surface area (Å²) in [5.41, 5.74) is 2.25. The normalized spacial score (nSPS) is 14.6. The lowest BCUT2D eigenvalue weighted by Crippen LogP contribution is -2.28. The summed E-state index contributed by atoms with van der Waals surface area (Å²) in [6.45, 7) is 1.05. The smallest absolute Gasteiger partial charge is 0.268 e. The van der Waals surface area contributed by atoms with Gasteiger partial charge in [-0.25, -0.2) is 4.39 Å². The molecule has 1 saturated carbocycles. The van der Waals surface area contributed by atoms with Crippen molar-refractivity contribution in [3.8, 4) is 0 Å². The second-order valence-corrected chi connectivity index (χ2v) is 8.27. The van der Waals surface area contributed by atoms with Crippen molar-refractivity contribution in [3.05, 3.63) is 57.3 Å². The van der Waals surface area contributed by atoms with E-state index in [0.29, 0.717) is 17.2 Å². The second-order valence-electron chi connectivity index (χ2n) is 6.51. The molecule has 4 rings (SSSR count). The summed E-state index contributed by atoms with van der Waals surface area (Å²) in [4.78, 5) is 12.8. The maximum Gasteiger partial charge on any atom is 0.268 e. The number of carbonyl (C=O) groups excluding carboxylic acids is 1. The molecule has 2 heterocycles. The third kappa shape index (κ3) is 3.25. The maximum atomic E-state index is 13.8. The van der Waals surface area contributed by atoms with Crippen LogP contribution in [0.15, 0.2) is 40.2 Å². The van der Waals surface area contributed by atoms with Crippen molar-refractivity contribution < 1.29 is 9.18 Å². The Morgan fingerprint density at radius 2 is 2.16 bits per heavy atom. The van der Waals surface area contributed by atoms with Gasteiger partial charge in [-0.2, -0.15) is 0 Å². The zero-order chi connectivity index (χ0) is 17.4. The third-order valence-corrected chi connectivity index (χ3v) is 6.70. The van der Waals surface area contributed by atoms with Gasteiger partial charge in [-0.05, 0) is 46.8 Å². The van der Waals surface area contributed by atoms with Gasteiger partial charge < -0.3 is 9.88 Å². The van der Waals surface area contributed by atoms with Crippen molar-refractivity contribution in [2.24, 2.45) is 5.92 Å². The van der Waals surface area contributed by atoms with E-state index in [2.05, 4.69) is 31.2 Å². The fourth-order valence-corrected chi connectivity index (χ4v) is 4.94. The number of fused-ring (bicyclic) bond motifs is 1. The minimum atomic E-state index is -0.295. The van der Waals surface area contributed by atoms with Crippen LogP contribution in [0.5, 0.6) is 0 Å². The molecule has 1 N–H and O–H groups in total. The van der Waals surface area contributed by atoms with Crippen molar-refractivity contribution in [3.63, 3.8) is 0 Å². The van der Waals surface area contributed by atoms with Crippen LogP contribution in [-0.2, 0) is 13.1 Å². The zero-order valence-corrected chi connectivity index (χ0v) is 16.0. The van der Waals surface area contributed by atoms with Crippen molar-refractivity contribution in [1.82, 2.24) is 9.88 Å². The molecule has 0 spiro atoms. The number of aromatic nitrogens is 1. The van der Waals surface area contributed by atoms with Gasteiger partial charge in [0.15, 0.2) is 0 Å². The van der Waals surface area contributed by atoms with E-state index in [9.17, 15) is 9.18 Å². The molecule has 1 aromatic carbocycles. The van der Waals surface area contributed by atoms with Gasteiger partial charge in [0.1, 0.15) is 11.5 Å². The minimum absolute atomic E-state index is 0.155. The van der Waals surface area contributed by atoms with Crippen LogP contribution in [0, 0.1) is 11.7 Å². The van der Waals surface area contributed by atoms with Crippen molar-refractivity contribution in [2.75, 3.05) is 0 Å². The summed E-state index contributed by atoms with van der Waals surface area (Å²) in [5, 5.41) is 4.92. The van der Waals surface area contributed by atoms with E-state index in [1.54, 1.807) is 29.5 Å². The molecule has 6 heteroatoms. The van der Waals surface area contributed by atoms with Gasteiger partial charge in [0, 0.05) is 24.0 Å². The molecular formula is C19H18BrFN2OS. The van der Waals surface area contributed by atoms with E-state index in [0.717, 1.165) is 21.2 Å². The van der Waals surface area contributed by atoms with Gasteiger partial charge >= 0.3 is 0 Å². The lowest BCUT2D eigenvalue weighted by Gasteiger charge is -2.27. The van der Waals surface area contributed by atoms with Crippen molar-refractivity contribution in [2.45, 2.75) is 32.4 Å². The first-order valence-corrected chi connectivity index (χ1v) is 10.1. The third-order valence-electron chi connectivity index (χ3n) is 4.87. The van der Waals surface area contributed by atoms with E-state index < -0.39 is 0 Å². The highest BCUT2D eigenvalue weighted by Gasteiger charge is 2.24. The molecule has 3 nitrogen and oxygen atoms in total. The number of hydrogen-bond donors (Lipinski definition) is 1. The molecule has 0 radical (unpaired) electrons. The number of amides is 1. The number of carbonyl (C=O) groups is 1. The molecule has 0 unspecified atom stereocenters. The second kappa shape index (κ2) is 6.92. The SMILES string of the molecule is O=C(NCc1ccccc1F)c1cc2scc(Br)c2n1CC1CCC1. The van der Waals surface area contributed by atoms with Crippen LogP contribution >= 0.6 is 27.3 Å². The lowest BCUT2D eigenvalue weighted by atomic mass is 9.85. The highest BCUT2D eigenvalue weighted by atomic mass is 79.9. The van der Waals surface area contributed by atoms with E-state index in [4.69, 9.17) is 0 Å². The topological polar surface area (TPSA) is 34.0 Å². The van der Waals surface area contributed by atoms with Crippen LogP contribution < -0.4 is 5.32 Å². The summed E-state index contributed by atoms with van der Waals surface area (Å²) < 4.78 is 18.0. The molecule has 0 aliphatic heterocycles. The van der Waals surface area contributed by atoms with Crippen molar-refractivity contribution in [1.29, 1.82) is 0 Å². The molecule has 0 bridgehead atoms. The molecule has 2 aromatic heterocycles. The van der Waals surface area contributed by atoms with Crippen LogP contribution in [0.2, 0.25) is 0 Å². The van der Waals surface area contributed by atoms with E-state index in [1.807, 2.05) is 6.07 Å². The van der Waals surface area contributed by atoms with E-state index >= 15 is 0 Å². The average molecular weight is 421 g/mol. The Labute approximate surface area is 158 Å².